The Morgan fingerprint density at radius 3 is 2.33 bits per heavy atom. The van der Waals surface area contributed by atoms with Crippen LogP contribution in [0.1, 0.15) is 16.7 Å². The van der Waals surface area contributed by atoms with Gasteiger partial charge in [-0.15, -0.1) is 0 Å². The molecule has 0 saturated carbocycles. The van der Waals surface area contributed by atoms with Crippen molar-refractivity contribution in [2.45, 2.75) is 13.8 Å². The molecule has 0 bridgehead atoms. The molecule has 0 radical (unpaired) electrons. The van der Waals surface area contributed by atoms with E-state index < -0.39 is 0 Å². The van der Waals surface area contributed by atoms with E-state index in [-0.39, 0.29) is 5.97 Å². The van der Waals surface area contributed by atoms with Gasteiger partial charge in [0.25, 0.3) is 0 Å². The number of carbonyl (C=O) groups is 1. The highest BCUT2D eigenvalue weighted by Gasteiger charge is 2.00. The first-order chi connectivity index (χ1) is 7.04. The molecule has 0 amide bonds. The van der Waals surface area contributed by atoms with E-state index in [4.69, 9.17) is 5.73 Å². The topological polar surface area (TPSA) is 52.3 Å². The van der Waals surface area contributed by atoms with Crippen molar-refractivity contribution in [3.63, 3.8) is 0 Å². The van der Waals surface area contributed by atoms with E-state index in [9.17, 15) is 4.79 Å². The summed E-state index contributed by atoms with van der Waals surface area (Å²) in [6.45, 7) is 3.88. The van der Waals surface area contributed by atoms with Crippen molar-refractivity contribution in [2.75, 3.05) is 12.8 Å². The molecule has 0 aliphatic rings. The minimum absolute atomic E-state index is 0.359. The lowest BCUT2D eigenvalue weighted by atomic mass is 10.0. The van der Waals surface area contributed by atoms with Gasteiger partial charge in [-0.05, 0) is 48.7 Å². The van der Waals surface area contributed by atoms with E-state index in [1.807, 2.05) is 26.0 Å². The van der Waals surface area contributed by atoms with Crippen LogP contribution in [0.5, 0.6) is 0 Å². The van der Waals surface area contributed by atoms with Crippen LogP contribution in [-0.2, 0) is 9.53 Å². The van der Waals surface area contributed by atoms with Gasteiger partial charge in [0.2, 0.25) is 0 Å². The van der Waals surface area contributed by atoms with Gasteiger partial charge in [0.05, 0.1) is 7.11 Å². The summed E-state index contributed by atoms with van der Waals surface area (Å²) in [4.78, 5) is 10.9. The number of carbonyl (C=O) groups excluding carboxylic acids is 1. The van der Waals surface area contributed by atoms with E-state index in [0.717, 1.165) is 22.4 Å². The lowest BCUT2D eigenvalue weighted by Crippen LogP contribution is -1.95. The van der Waals surface area contributed by atoms with Crippen molar-refractivity contribution in [3.8, 4) is 0 Å². The van der Waals surface area contributed by atoms with Gasteiger partial charge in [0.15, 0.2) is 0 Å². The highest BCUT2D eigenvalue weighted by atomic mass is 16.5. The van der Waals surface area contributed by atoms with Crippen LogP contribution in [0.4, 0.5) is 5.69 Å². The van der Waals surface area contributed by atoms with Crippen LogP contribution >= 0.6 is 0 Å². The minimum Gasteiger partial charge on any atom is -0.466 e. The number of nitrogens with two attached hydrogens (primary N) is 1. The van der Waals surface area contributed by atoms with Gasteiger partial charge in [-0.1, -0.05) is 0 Å². The molecule has 2 N–H and O–H groups in total. The number of nitrogen functional groups attached to an aromatic ring is 1. The Balaban J connectivity index is 2.97. The Kier molecular flexibility index (Phi) is 3.50. The molecule has 3 heteroatoms. The number of rotatable bonds is 2. The zero-order valence-electron chi connectivity index (χ0n) is 9.20. The molecule has 15 heavy (non-hydrogen) atoms. The van der Waals surface area contributed by atoms with Crippen LogP contribution < -0.4 is 5.73 Å². The number of methoxy groups -OCH3 is 1. The second-order valence-electron chi connectivity index (χ2n) is 3.42. The molecular formula is C12H15NO2. The number of hydrogen-bond acceptors (Lipinski definition) is 3. The third kappa shape index (κ3) is 2.84. The lowest BCUT2D eigenvalue weighted by molar-refractivity contribution is -0.134. The smallest absolute Gasteiger partial charge is 0.330 e. The van der Waals surface area contributed by atoms with Crippen LogP contribution in [0, 0.1) is 13.8 Å². The summed E-state index contributed by atoms with van der Waals surface area (Å²) in [7, 11) is 1.35. The third-order valence-corrected chi connectivity index (χ3v) is 2.23. The van der Waals surface area contributed by atoms with Gasteiger partial charge < -0.3 is 10.5 Å². The molecule has 3 nitrogen and oxygen atoms in total. The van der Waals surface area contributed by atoms with Crippen molar-refractivity contribution in [2.24, 2.45) is 0 Å². The first-order valence-electron chi connectivity index (χ1n) is 4.67. The molecule has 0 spiro atoms. The fourth-order valence-corrected chi connectivity index (χ4v) is 1.34. The summed E-state index contributed by atoms with van der Waals surface area (Å²) < 4.78 is 4.51. The standard InChI is InChI=1S/C12H15NO2/c1-8-6-10(4-5-11(14)15-3)7-9(2)12(8)13/h4-7H,13H2,1-3H3. The molecule has 0 saturated heterocycles. The van der Waals surface area contributed by atoms with Crippen LogP contribution in [0.25, 0.3) is 6.08 Å². The normalized spacial score (nSPS) is 10.6. The van der Waals surface area contributed by atoms with Crippen LogP contribution in [0.3, 0.4) is 0 Å². The van der Waals surface area contributed by atoms with E-state index >= 15 is 0 Å². The lowest BCUT2D eigenvalue weighted by Gasteiger charge is -2.05. The van der Waals surface area contributed by atoms with Gasteiger partial charge in [0, 0.05) is 11.8 Å². The van der Waals surface area contributed by atoms with Gasteiger partial charge >= 0.3 is 5.97 Å². The Hall–Kier alpha value is -1.77. The molecule has 0 aliphatic carbocycles. The molecule has 80 valence electrons. The SMILES string of the molecule is COC(=O)C=Cc1cc(C)c(N)c(C)c1. The first kappa shape index (κ1) is 11.3. The van der Waals surface area contributed by atoms with Crippen LogP contribution in [0.2, 0.25) is 0 Å². The van der Waals surface area contributed by atoms with Gasteiger partial charge in [-0.3, -0.25) is 0 Å². The minimum atomic E-state index is -0.359. The maximum absolute atomic E-state index is 10.9. The van der Waals surface area contributed by atoms with Crippen molar-refractivity contribution < 1.29 is 9.53 Å². The number of anilines is 1. The van der Waals surface area contributed by atoms with Crippen LogP contribution in [0.15, 0.2) is 18.2 Å². The Bertz CT molecular complexity index is 385. The molecule has 0 aromatic heterocycles. The number of hydrogen-bond donors (Lipinski definition) is 1. The monoisotopic (exact) mass is 205 g/mol. The summed E-state index contributed by atoms with van der Waals surface area (Å²) in [5, 5.41) is 0. The molecule has 0 atom stereocenters. The highest BCUT2D eigenvalue weighted by Crippen LogP contribution is 2.19. The summed E-state index contributed by atoms with van der Waals surface area (Å²) in [6.07, 6.45) is 3.11. The molecule has 0 aliphatic heterocycles. The maximum atomic E-state index is 10.9. The highest BCUT2D eigenvalue weighted by molar-refractivity contribution is 5.87. The second kappa shape index (κ2) is 4.64. The summed E-state index contributed by atoms with van der Waals surface area (Å²) in [6, 6.07) is 3.86. The van der Waals surface area contributed by atoms with Crippen molar-refractivity contribution in [3.05, 3.63) is 34.9 Å². The second-order valence-corrected chi connectivity index (χ2v) is 3.42. The molecule has 0 unspecified atom stereocenters. The van der Waals surface area contributed by atoms with E-state index in [2.05, 4.69) is 4.74 Å². The number of ether oxygens (including phenoxy) is 1. The summed E-state index contributed by atoms with van der Waals surface area (Å²) in [5.74, 6) is -0.359. The zero-order chi connectivity index (χ0) is 11.4. The zero-order valence-corrected chi connectivity index (χ0v) is 9.20. The van der Waals surface area contributed by atoms with E-state index in [1.165, 1.54) is 13.2 Å². The number of benzene rings is 1. The van der Waals surface area contributed by atoms with Crippen molar-refractivity contribution in [1.29, 1.82) is 0 Å². The predicted octanol–water partition coefficient (Wildman–Crippen LogP) is 2.07. The fourth-order valence-electron chi connectivity index (χ4n) is 1.34. The average Bonchev–Trinajstić information content (AvgIpc) is 2.22. The quantitative estimate of drug-likeness (QED) is 0.457. The molecule has 1 aromatic carbocycles. The van der Waals surface area contributed by atoms with E-state index in [0.29, 0.717) is 0 Å². The van der Waals surface area contributed by atoms with E-state index in [1.54, 1.807) is 6.08 Å². The van der Waals surface area contributed by atoms with Crippen molar-refractivity contribution >= 4 is 17.7 Å². The van der Waals surface area contributed by atoms with Crippen molar-refractivity contribution in [1.82, 2.24) is 0 Å². The third-order valence-electron chi connectivity index (χ3n) is 2.23. The van der Waals surface area contributed by atoms with Crippen LogP contribution in [-0.4, -0.2) is 13.1 Å². The molecule has 1 rings (SSSR count). The van der Waals surface area contributed by atoms with Gasteiger partial charge in [0.1, 0.15) is 0 Å². The Labute approximate surface area is 89.5 Å². The first-order valence-corrected chi connectivity index (χ1v) is 4.67. The Morgan fingerprint density at radius 1 is 1.33 bits per heavy atom. The molecule has 0 fully saturated rings. The molecule has 0 heterocycles. The molecule has 1 aromatic rings. The summed E-state index contributed by atoms with van der Waals surface area (Å²) >= 11 is 0. The number of esters is 1. The Morgan fingerprint density at radius 2 is 1.87 bits per heavy atom. The summed E-state index contributed by atoms with van der Waals surface area (Å²) in [5.41, 5.74) is 9.59. The van der Waals surface area contributed by atoms with Gasteiger partial charge in [-0.2, -0.15) is 0 Å². The van der Waals surface area contributed by atoms with Gasteiger partial charge in [-0.25, -0.2) is 4.79 Å². The predicted molar refractivity (Wildman–Crippen MR) is 61.4 cm³/mol. The average molecular weight is 205 g/mol. The fraction of sp³-hybridized carbons (Fsp3) is 0.250. The number of aryl methyl sites for hydroxylation is 2. The maximum Gasteiger partial charge on any atom is 0.330 e. The molecular weight excluding hydrogens is 190 g/mol. The largest absolute Gasteiger partial charge is 0.466 e.